The lowest BCUT2D eigenvalue weighted by Crippen LogP contribution is -2.42. The average molecular weight is 341 g/mol. The number of likely N-dealkylation sites (N-methyl/N-ethyl adjacent to an activating group) is 1. The summed E-state index contributed by atoms with van der Waals surface area (Å²) in [4.78, 5) is 24.8. The van der Waals surface area contributed by atoms with Crippen molar-refractivity contribution in [1.29, 1.82) is 0 Å². The number of para-hydroxylation sites is 1. The Hall–Kier alpha value is -2.73. The zero-order valence-corrected chi connectivity index (χ0v) is 14.7. The van der Waals surface area contributed by atoms with Gasteiger partial charge in [0.05, 0.1) is 11.0 Å². The van der Waals surface area contributed by atoms with E-state index in [9.17, 15) is 14.9 Å². The molecule has 0 bridgehead atoms. The minimum absolute atomic E-state index is 0.0709. The van der Waals surface area contributed by atoms with Crippen molar-refractivity contribution in [3.8, 4) is 0 Å². The number of aryl methyl sites for hydroxylation is 1. The number of carbonyl (C=O) groups excluding carboxylic acids is 1. The molecule has 2 aromatic carbocycles. The molecule has 0 spiro atoms. The van der Waals surface area contributed by atoms with Crippen LogP contribution in [0.1, 0.15) is 23.6 Å². The van der Waals surface area contributed by atoms with Crippen LogP contribution in [0.25, 0.3) is 0 Å². The van der Waals surface area contributed by atoms with Gasteiger partial charge in [-0.05, 0) is 26.5 Å². The van der Waals surface area contributed by atoms with E-state index in [1.807, 2.05) is 31.2 Å². The van der Waals surface area contributed by atoms with Crippen molar-refractivity contribution < 1.29 is 9.72 Å². The largest absolute Gasteiger partial charge is 0.351 e. The van der Waals surface area contributed by atoms with Crippen LogP contribution < -0.4 is 5.32 Å². The third-order valence-electron chi connectivity index (χ3n) is 4.24. The molecular weight excluding hydrogens is 318 g/mol. The molecule has 6 nitrogen and oxygen atoms in total. The Morgan fingerprint density at radius 3 is 2.48 bits per heavy atom. The highest BCUT2D eigenvalue weighted by atomic mass is 16.6. The number of hydrogen-bond donors (Lipinski definition) is 1. The van der Waals surface area contributed by atoms with E-state index < -0.39 is 11.0 Å². The van der Waals surface area contributed by atoms with Crippen LogP contribution in [0.3, 0.4) is 0 Å². The third-order valence-corrected chi connectivity index (χ3v) is 4.24. The molecule has 2 aromatic rings. The second-order valence-corrected chi connectivity index (χ2v) is 6.18. The van der Waals surface area contributed by atoms with E-state index in [2.05, 4.69) is 5.32 Å². The number of nitrogens with one attached hydrogen (secondary N) is 1. The van der Waals surface area contributed by atoms with Gasteiger partial charge in [-0.2, -0.15) is 0 Å². The van der Waals surface area contributed by atoms with Gasteiger partial charge in [0.1, 0.15) is 0 Å². The summed E-state index contributed by atoms with van der Waals surface area (Å²) in [5.41, 5.74) is 2.87. The van der Waals surface area contributed by atoms with Crippen LogP contribution in [0.2, 0.25) is 0 Å². The van der Waals surface area contributed by atoms with Gasteiger partial charge in [-0.15, -0.1) is 0 Å². The van der Waals surface area contributed by atoms with Gasteiger partial charge in [0.25, 0.3) is 5.69 Å². The molecule has 1 amide bonds. The minimum atomic E-state index is -0.398. The van der Waals surface area contributed by atoms with E-state index >= 15 is 0 Å². The molecule has 0 radical (unpaired) electrons. The highest BCUT2D eigenvalue weighted by Gasteiger charge is 2.21. The van der Waals surface area contributed by atoms with Crippen molar-refractivity contribution in [3.63, 3.8) is 0 Å². The summed E-state index contributed by atoms with van der Waals surface area (Å²) in [7, 11) is 1.78. The number of nitro benzene ring substituents is 1. The molecule has 6 heteroatoms. The van der Waals surface area contributed by atoms with E-state index in [0.29, 0.717) is 18.7 Å². The summed E-state index contributed by atoms with van der Waals surface area (Å²) >= 11 is 0. The van der Waals surface area contributed by atoms with Gasteiger partial charge in [-0.25, -0.2) is 0 Å². The summed E-state index contributed by atoms with van der Waals surface area (Å²) in [6.07, 6.45) is 0. The Bertz CT molecular complexity index is 744. The number of carbonyl (C=O) groups is 1. The van der Waals surface area contributed by atoms with Gasteiger partial charge < -0.3 is 5.32 Å². The number of hydrogen-bond acceptors (Lipinski definition) is 4. The minimum Gasteiger partial charge on any atom is -0.351 e. The van der Waals surface area contributed by atoms with Crippen molar-refractivity contribution in [2.45, 2.75) is 33.0 Å². The van der Waals surface area contributed by atoms with Crippen LogP contribution in [0, 0.1) is 17.0 Å². The molecule has 0 fully saturated rings. The lowest BCUT2D eigenvalue weighted by atomic mass is 10.1. The van der Waals surface area contributed by atoms with Gasteiger partial charge in [-0.3, -0.25) is 19.8 Å². The van der Waals surface area contributed by atoms with Crippen LogP contribution >= 0.6 is 0 Å². The summed E-state index contributed by atoms with van der Waals surface area (Å²) in [5.74, 6) is -0.110. The van der Waals surface area contributed by atoms with E-state index in [-0.39, 0.29) is 11.6 Å². The zero-order chi connectivity index (χ0) is 18.4. The topological polar surface area (TPSA) is 75.5 Å². The summed E-state index contributed by atoms with van der Waals surface area (Å²) in [6, 6.07) is 14.2. The van der Waals surface area contributed by atoms with Gasteiger partial charge in [-0.1, -0.05) is 48.0 Å². The van der Waals surface area contributed by atoms with Crippen LogP contribution in [-0.4, -0.2) is 28.8 Å². The molecule has 0 saturated carbocycles. The predicted molar refractivity (Wildman–Crippen MR) is 97.1 cm³/mol. The van der Waals surface area contributed by atoms with Crippen molar-refractivity contribution in [2.24, 2.45) is 0 Å². The first-order valence-corrected chi connectivity index (χ1v) is 8.14. The van der Waals surface area contributed by atoms with Crippen molar-refractivity contribution in [2.75, 3.05) is 7.05 Å². The Morgan fingerprint density at radius 2 is 1.84 bits per heavy atom. The smallest absolute Gasteiger partial charge is 0.273 e. The fourth-order valence-electron chi connectivity index (χ4n) is 2.47. The molecule has 0 aliphatic heterocycles. The first-order chi connectivity index (χ1) is 11.9. The number of rotatable bonds is 7. The lowest BCUT2D eigenvalue weighted by molar-refractivity contribution is -0.385. The Labute approximate surface area is 147 Å². The molecule has 0 aliphatic carbocycles. The average Bonchev–Trinajstić information content (AvgIpc) is 2.60. The van der Waals surface area contributed by atoms with E-state index in [0.717, 1.165) is 5.56 Å². The molecule has 0 heterocycles. The van der Waals surface area contributed by atoms with Crippen molar-refractivity contribution in [3.05, 3.63) is 75.3 Å². The molecule has 132 valence electrons. The summed E-state index contributed by atoms with van der Waals surface area (Å²) in [6.45, 7) is 4.60. The predicted octanol–water partition coefficient (Wildman–Crippen LogP) is 3.04. The molecule has 1 unspecified atom stereocenters. The number of nitrogens with zero attached hydrogens (tertiary/aromatic N) is 2. The first-order valence-electron chi connectivity index (χ1n) is 8.14. The van der Waals surface area contributed by atoms with Crippen LogP contribution in [0.15, 0.2) is 48.5 Å². The Balaban J connectivity index is 1.95. The van der Waals surface area contributed by atoms with Gasteiger partial charge in [0.15, 0.2) is 0 Å². The van der Waals surface area contributed by atoms with Gasteiger partial charge in [0.2, 0.25) is 5.91 Å². The molecule has 2 rings (SSSR count). The maximum absolute atomic E-state index is 12.3. The molecule has 0 saturated heterocycles. The molecular formula is C19H23N3O3. The highest BCUT2D eigenvalue weighted by molar-refractivity contribution is 5.81. The first kappa shape index (κ1) is 18.6. The van der Waals surface area contributed by atoms with Gasteiger partial charge in [0, 0.05) is 24.7 Å². The summed E-state index contributed by atoms with van der Waals surface area (Å²) < 4.78 is 0. The Kier molecular flexibility index (Phi) is 6.25. The fraction of sp³-hybridized carbons (Fsp3) is 0.316. The van der Waals surface area contributed by atoms with Crippen LogP contribution in [0.5, 0.6) is 0 Å². The number of amides is 1. The highest BCUT2D eigenvalue weighted by Crippen LogP contribution is 2.19. The van der Waals surface area contributed by atoms with Crippen LogP contribution in [-0.2, 0) is 17.9 Å². The van der Waals surface area contributed by atoms with E-state index in [1.165, 1.54) is 11.6 Å². The standard InChI is InChI=1S/C19H23N3O3/c1-14-8-10-16(11-9-14)12-20-19(23)15(2)21(3)13-17-6-4-5-7-18(17)22(24)25/h4-11,15H,12-13H2,1-3H3,(H,20,23). The SMILES string of the molecule is Cc1ccc(CNC(=O)C(C)N(C)Cc2ccccc2[N+](=O)[O-])cc1. The van der Waals surface area contributed by atoms with Crippen molar-refractivity contribution in [1.82, 2.24) is 10.2 Å². The van der Waals surface area contributed by atoms with Crippen LogP contribution in [0.4, 0.5) is 5.69 Å². The monoisotopic (exact) mass is 341 g/mol. The molecule has 1 N–H and O–H groups in total. The molecule has 25 heavy (non-hydrogen) atoms. The molecule has 0 aromatic heterocycles. The van der Waals surface area contributed by atoms with Crippen molar-refractivity contribution >= 4 is 11.6 Å². The fourth-order valence-corrected chi connectivity index (χ4v) is 2.47. The van der Waals surface area contributed by atoms with E-state index in [1.54, 1.807) is 37.1 Å². The second kappa shape index (κ2) is 8.39. The number of benzene rings is 2. The maximum Gasteiger partial charge on any atom is 0.273 e. The normalized spacial score (nSPS) is 12.0. The number of nitro groups is 1. The second-order valence-electron chi connectivity index (χ2n) is 6.18. The van der Waals surface area contributed by atoms with Gasteiger partial charge >= 0.3 is 0 Å². The third kappa shape index (κ3) is 5.12. The maximum atomic E-state index is 12.3. The molecule has 1 atom stereocenters. The summed E-state index contributed by atoms with van der Waals surface area (Å²) in [5, 5.41) is 14.0. The quantitative estimate of drug-likeness (QED) is 0.620. The van der Waals surface area contributed by atoms with E-state index in [4.69, 9.17) is 0 Å². The molecule has 0 aliphatic rings. The Morgan fingerprint density at radius 1 is 1.20 bits per heavy atom. The zero-order valence-electron chi connectivity index (χ0n) is 14.7. The lowest BCUT2D eigenvalue weighted by Gasteiger charge is -2.23.